The predicted molar refractivity (Wildman–Crippen MR) is 56.6 cm³/mol. The molecule has 1 heterocycles. The van der Waals surface area contributed by atoms with E-state index in [1.54, 1.807) is 6.07 Å². The van der Waals surface area contributed by atoms with E-state index in [1.807, 2.05) is 25.1 Å². The molecule has 1 N–H and O–H groups in total. The summed E-state index contributed by atoms with van der Waals surface area (Å²) in [6.45, 7) is 2.03. The summed E-state index contributed by atoms with van der Waals surface area (Å²) in [5, 5.41) is 2.39. The zero-order valence-corrected chi connectivity index (χ0v) is 8.62. The SMILES string of the molecule is CCCC1C(=O)NC(=O)c2ccccc21. The smallest absolute Gasteiger partial charge is 0.258 e. The van der Waals surface area contributed by atoms with Crippen molar-refractivity contribution in [2.75, 3.05) is 0 Å². The molecular formula is C12H13NO2. The first kappa shape index (κ1) is 9.90. The molecule has 0 saturated carbocycles. The third kappa shape index (κ3) is 1.65. The molecule has 2 rings (SSSR count). The highest BCUT2D eigenvalue weighted by atomic mass is 16.2. The van der Waals surface area contributed by atoms with Gasteiger partial charge in [0.15, 0.2) is 0 Å². The van der Waals surface area contributed by atoms with Crippen LogP contribution in [-0.4, -0.2) is 11.8 Å². The Morgan fingerprint density at radius 1 is 1.27 bits per heavy atom. The number of amides is 2. The molecule has 0 aromatic heterocycles. The van der Waals surface area contributed by atoms with Crippen LogP contribution >= 0.6 is 0 Å². The maximum Gasteiger partial charge on any atom is 0.258 e. The highest BCUT2D eigenvalue weighted by molar-refractivity contribution is 6.11. The number of carbonyl (C=O) groups excluding carboxylic acids is 2. The molecule has 1 aromatic carbocycles. The van der Waals surface area contributed by atoms with E-state index < -0.39 is 0 Å². The standard InChI is InChI=1S/C12H13NO2/c1-2-5-9-8-6-3-4-7-10(8)12(15)13-11(9)14/h3-4,6-7,9H,2,5H2,1H3,(H,13,14,15). The fourth-order valence-corrected chi connectivity index (χ4v) is 1.99. The van der Waals surface area contributed by atoms with Gasteiger partial charge >= 0.3 is 0 Å². The van der Waals surface area contributed by atoms with Gasteiger partial charge in [0.25, 0.3) is 5.91 Å². The second kappa shape index (κ2) is 3.85. The van der Waals surface area contributed by atoms with Crippen molar-refractivity contribution in [1.82, 2.24) is 5.32 Å². The Morgan fingerprint density at radius 2 is 2.00 bits per heavy atom. The number of fused-ring (bicyclic) bond motifs is 1. The van der Waals surface area contributed by atoms with Crippen molar-refractivity contribution in [3.8, 4) is 0 Å². The van der Waals surface area contributed by atoms with Crippen LogP contribution in [0.2, 0.25) is 0 Å². The van der Waals surface area contributed by atoms with Crippen LogP contribution in [0.15, 0.2) is 24.3 Å². The van der Waals surface area contributed by atoms with Gasteiger partial charge in [-0.25, -0.2) is 0 Å². The third-order valence-corrected chi connectivity index (χ3v) is 2.71. The van der Waals surface area contributed by atoms with Gasteiger partial charge in [-0.2, -0.15) is 0 Å². The van der Waals surface area contributed by atoms with Crippen LogP contribution in [0.4, 0.5) is 0 Å². The number of carbonyl (C=O) groups is 2. The van der Waals surface area contributed by atoms with Crippen molar-refractivity contribution in [2.24, 2.45) is 0 Å². The number of rotatable bonds is 2. The quantitative estimate of drug-likeness (QED) is 0.745. The van der Waals surface area contributed by atoms with Crippen molar-refractivity contribution in [3.05, 3.63) is 35.4 Å². The van der Waals surface area contributed by atoms with Crippen LogP contribution in [0.3, 0.4) is 0 Å². The average Bonchev–Trinajstić information content (AvgIpc) is 2.24. The molecule has 0 radical (unpaired) electrons. The van der Waals surface area contributed by atoms with Gasteiger partial charge in [0.05, 0.1) is 5.92 Å². The molecule has 1 aliphatic heterocycles. The van der Waals surface area contributed by atoms with E-state index in [0.717, 1.165) is 18.4 Å². The summed E-state index contributed by atoms with van der Waals surface area (Å²) in [6.07, 6.45) is 1.72. The topological polar surface area (TPSA) is 46.2 Å². The van der Waals surface area contributed by atoms with E-state index in [0.29, 0.717) is 5.56 Å². The molecule has 3 nitrogen and oxygen atoms in total. The summed E-state index contributed by atoms with van der Waals surface area (Å²) in [5.41, 5.74) is 1.50. The van der Waals surface area contributed by atoms with Gasteiger partial charge in [-0.05, 0) is 18.1 Å². The Morgan fingerprint density at radius 3 is 2.73 bits per heavy atom. The van der Waals surface area contributed by atoms with Crippen LogP contribution in [-0.2, 0) is 4.79 Å². The van der Waals surface area contributed by atoms with Gasteiger partial charge in [0.1, 0.15) is 0 Å². The number of hydrogen-bond acceptors (Lipinski definition) is 2. The van der Waals surface area contributed by atoms with Crippen molar-refractivity contribution in [1.29, 1.82) is 0 Å². The molecule has 1 unspecified atom stereocenters. The summed E-state index contributed by atoms with van der Waals surface area (Å²) >= 11 is 0. The number of nitrogens with one attached hydrogen (secondary N) is 1. The zero-order valence-electron chi connectivity index (χ0n) is 8.62. The largest absolute Gasteiger partial charge is 0.292 e. The molecule has 1 aliphatic rings. The number of imide groups is 1. The lowest BCUT2D eigenvalue weighted by Crippen LogP contribution is -2.40. The molecule has 0 bridgehead atoms. The van der Waals surface area contributed by atoms with Crippen molar-refractivity contribution in [2.45, 2.75) is 25.7 Å². The molecule has 15 heavy (non-hydrogen) atoms. The van der Waals surface area contributed by atoms with Crippen LogP contribution < -0.4 is 5.32 Å². The van der Waals surface area contributed by atoms with E-state index in [9.17, 15) is 9.59 Å². The molecule has 0 aliphatic carbocycles. The Bertz CT molecular complexity index is 412. The molecule has 2 amide bonds. The first-order valence-corrected chi connectivity index (χ1v) is 5.18. The zero-order chi connectivity index (χ0) is 10.8. The molecule has 78 valence electrons. The Labute approximate surface area is 88.5 Å². The van der Waals surface area contributed by atoms with E-state index >= 15 is 0 Å². The number of benzene rings is 1. The van der Waals surface area contributed by atoms with E-state index in [-0.39, 0.29) is 17.7 Å². The van der Waals surface area contributed by atoms with E-state index in [1.165, 1.54) is 0 Å². The lowest BCUT2D eigenvalue weighted by atomic mass is 9.87. The summed E-state index contributed by atoms with van der Waals surface area (Å²) in [5.74, 6) is -0.604. The summed E-state index contributed by atoms with van der Waals surface area (Å²) in [7, 11) is 0. The lowest BCUT2D eigenvalue weighted by Gasteiger charge is -2.23. The Balaban J connectivity index is 2.46. The summed E-state index contributed by atoms with van der Waals surface area (Å²) < 4.78 is 0. The minimum absolute atomic E-state index is 0.163. The fourth-order valence-electron chi connectivity index (χ4n) is 1.99. The number of hydrogen-bond donors (Lipinski definition) is 1. The van der Waals surface area contributed by atoms with E-state index in [2.05, 4.69) is 5.32 Å². The first-order chi connectivity index (χ1) is 7.24. The van der Waals surface area contributed by atoms with Crippen LogP contribution in [0.25, 0.3) is 0 Å². The third-order valence-electron chi connectivity index (χ3n) is 2.71. The summed E-state index contributed by atoms with van der Waals surface area (Å²) in [4.78, 5) is 23.1. The van der Waals surface area contributed by atoms with Crippen LogP contribution in [0.5, 0.6) is 0 Å². The van der Waals surface area contributed by atoms with Crippen molar-refractivity contribution >= 4 is 11.8 Å². The average molecular weight is 203 g/mol. The minimum Gasteiger partial charge on any atom is -0.292 e. The predicted octanol–water partition coefficient (Wildman–Crippen LogP) is 1.84. The monoisotopic (exact) mass is 203 g/mol. The Kier molecular flexibility index (Phi) is 2.54. The highest BCUT2D eigenvalue weighted by Gasteiger charge is 2.30. The van der Waals surface area contributed by atoms with Gasteiger partial charge in [0.2, 0.25) is 5.91 Å². The van der Waals surface area contributed by atoms with E-state index in [4.69, 9.17) is 0 Å². The van der Waals surface area contributed by atoms with Crippen molar-refractivity contribution < 1.29 is 9.59 Å². The maximum absolute atomic E-state index is 11.6. The molecule has 1 atom stereocenters. The van der Waals surface area contributed by atoms with Gasteiger partial charge in [-0.1, -0.05) is 31.5 Å². The second-order valence-corrected chi connectivity index (χ2v) is 3.75. The molecule has 1 aromatic rings. The molecule has 3 heteroatoms. The highest BCUT2D eigenvalue weighted by Crippen LogP contribution is 2.28. The maximum atomic E-state index is 11.6. The lowest BCUT2D eigenvalue weighted by molar-refractivity contribution is -0.122. The second-order valence-electron chi connectivity index (χ2n) is 3.75. The van der Waals surface area contributed by atoms with Gasteiger partial charge < -0.3 is 0 Å². The van der Waals surface area contributed by atoms with Crippen LogP contribution in [0, 0.1) is 0 Å². The molecular weight excluding hydrogens is 190 g/mol. The first-order valence-electron chi connectivity index (χ1n) is 5.18. The molecule has 0 fully saturated rings. The van der Waals surface area contributed by atoms with Gasteiger partial charge in [-0.3, -0.25) is 14.9 Å². The van der Waals surface area contributed by atoms with Crippen LogP contribution in [0.1, 0.15) is 41.6 Å². The van der Waals surface area contributed by atoms with Gasteiger partial charge in [-0.15, -0.1) is 0 Å². The normalized spacial score (nSPS) is 19.7. The fraction of sp³-hybridized carbons (Fsp3) is 0.333. The Hall–Kier alpha value is -1.64. The van der Waals surface area contributed by atoms with Crippen molar-refractivity contribution in [3.63, 3.8) is 0 Å². The summed E-state index contributed by atoms with van der Waals surface area (Å²) in [6, 6.07) is 7.32. The molecule has 0 spiro atoms. The minimum atomic E-state index is -0.275. The van der Waals surface area contributed by atoms with Gasteiger partial charge in [0, 0.05) is 5.56 Å². The molecule has 0 saturated heterocycles.